The van der Waals surface area contributed by atoms with Crippen LogP contribution in [0.3, 0.4) is 0 Å². The van der Waals surface area contributed by atoms with Crippen molar-refractivity contribution >= 4 is 17.9 Å². The van der Waals surface area contributed by atoms with Crippen molar-refractivity contribution in [3.63, 3.8) is 0 Å². The molecular weight excluding hydrogens is 1220 g/mol. The van der Waals surface area contributed by atoms with Crippen LogP contribution in [0, 0.1) is 0 Å². The highest BCUT2D eigenvalue weighted by atomic mass is 16.8. The van der Waals surface area contributed by atoms with E-state index in [0.717, 1.165) is 141 Å². The molecule has 0 bridgehead atoms. The summed E-state index contributed by atoms with van der Waals surface area (Å²) in [4.78, 5) is 41.5. The molecule has 0 spiro atoms. The molecule has 6 saturated heterocycles. The van der Waals surface area contributed by atoms with Crippen LogP contribution in [0.1, 0.15) is 248 Å². The average Bonchev–Trinajstić information content (AvgIpc) is 0.914. The summed E-state index contributed by atoms with van der Waals surface area (Å²) < 4.78 is 82.6. The minimum atomic E-state index is -2.01. The first-order valence-electron chi connectivity index (χ1n) is 35.9. The second-order valence-electron chi connectivity index (χ2n) is 27.0. The van der Waals surface area contributed by atoms with Gasteiger partial charge in [0.1, 0.15) is 79.4 Å². The maximum absolute atomic E-state index is 14.4. The minimum Gasteiger partial charge on any atom is -0.457 e. The number of esters is 3. The fraction of sp³-hybridized carbons (Fsp3) is 0.956. The molecule has 6 aliphatic rings. The normalized spacial score (nSPS) is 39.4. The van der Waals surface area contributed by atoms with E-state index in [2.05, 4.69) is 20.8 Å². The molecule has 6 rings (SSSR count). The lowest BCUT2D eigenvalue weighted by Gasteiger charge is -2.51. The zero-order valence-corrected chi connectivity index (χ0v) is 56.7. The first-order chi connectivity index (χ1) is 44.7. The number of hydrogen-bond donors (Lipinski definition) is 9. The molecule has 25 heteroatoms. The molecule has 6 aliphatic heterocycles. The third-order valence-electron chi connectivity index (χ3n) is 19.2. The van der Waals surface area contributed by atoms with Crippen LogP contribution in [0.2, 0.25) is 0 Å². The van der Waals surface area contributed by atoms with E-state index in [4.69, 9.17) is 61.6 Å². The van der Waals surface area contributed by atoms with Gasteiger partial charge in [0, 0.05) is 19.3 Å². The lowest BCUT2D eigenvalue weighted by Crippen LogP contribution is -2.68. The number of rotatable bonds is 31. The number of aliphatic hydroxyl groups excluding tert-OH is 9. The molecule has 0 aromatic heterocycles. The number of hydrogen-bond acceptors (Lipinski definition) is 25. The Morgan fingerprint density at radius 3 is 1.49 bits per heavy atom. The third kappa shape index (κ3) is 24.2. The SMILES string of the molecule is CCCCCCCCCCCC(=O)O[C@@H]1[C@@H](O[C@@H]2[C@H](O)[C@H]3OC(=O)CCCCCCCCC[C@H](CCCCC)O[C@H]4O[C@H](C)[C@@H](O)[C@H](O)[C@H]4O[C@@H]3O[C@H]2C)O[C@@H](C)[C@H](O[C@@H]2O[C@@H](C)C(OC(=O)CCCCCCCCC)[C@H](O)[C@H]2O)[C@@H]1O[C@H]1O[C@H](CO)[C@H](O)[C@H](O)[C@@H]1O. The van der Waals surface area contributed by atoms with Gasteiger partial charge in [0.25, 0.3) is 0 Å². The Morgan fingerprint density at radius 1 is 0.409 bits per heavy atom. The topological polar surface area (TPSA) is 353 Å². The molecule has 25 nitrogen and oxygen atoms in total. The fourth-order valence-corrected chi connectivity index (χ4v) is 13.4. The summed E-state index contributed by atoms with van der Waals surface area (Å²) in [5.41, 5.74) is 0. The number of ether oxygens (including phenoxy) is 13. The highest BCUT2D eigenvalue weighted by molar-refractivity contribution is 5.70. The van der Waals surface area contributed by atoms with Crippen LogP contribution in [0.5, 0.6) is 0 Å². The second kappa shape index (κ2) is 41.9. The Bertz CT molecular complexity index is 2080. The highest BCUT2D eigenvalue weighted by Crippen LogP contribution is 2.40. The van der Waals surface area contributed by atoms with Crippen LogP contribution in [-0.2, 0) is 76.0 Å². The Hall–Kier alpha value is -2.35. The standard InChI is InChI=1S/C68H120O25/c1-8-11-14-16-18-19-23-27-33-38-48(72)89-63-62(93-65-54(78)51(75)50(74)45(39-69)86-65)59(91-64-55(79)53(77)57(41(5)82-64)87-46(70)36-31-26-21-17-15-12-9-2)43(7)84-68(63)90-58-42(6)83-67-61(56(58)80)88-47(71)37-32-28-24-20-22-25-30-35-44(34-29-13-10-3)85-66-60(92-67)52(76)49(73)40(4)81-66/h40-45,49-69,73-80H,8-39H2,1-7H3/t40-,41+,42+,43+,44+,45-,49-,50+,51+,52+,53-,54+,55-,56+,57?,58+,59+,60-,61-,62+,63+,64+,65-,66-,67+,68-/m1/s1. The summed E-state index contributed by atoms with van der Waals surface area (Å²) in [6, 6.07) is 0. The Kier molecular flexibility index (Phi) is 35.9. The van der Waals surface area contributed by atoms with E-state index in [-0.39, 0.29) is 25.4 Å². The monoisotopic (exact) mass is 1340 g/mol. The maximum atomic E-state index is 14.4. The van der Waals surface area contributed by atoms with Gasteiger partial charge in [0.05, 0.1) is 37.1 Å². The number of unbranched alkanes of at least 4 members (excludes halogenated alkanes) is 16. The van der Waals surface area contributed by atoms with Crippen LogP contribution in [0.4, 0.5) is 0 Å². The van der Waals surface area contributed by atoms with E-state index in [1.807, 2.05) is 0 Å². The van der Waals surface area contributed by atoms with Crippen molar-refractivity contribution in [2.75, 3.05) is 6.61 Å². The molecule has 93 heavy (non-hydrogen) atoms. The van der Waals surface area contributed by atoms with Crippen LogP contribution in [0.25, 0.3) is 0 Å². The first kappa shape index (κ1) is 79.6. The average molecular weight is 1340 g/mol. The van der Waals surface area contributed by atoms with Crippen LogP contribution < -0.4 is 0 Å². The number of aliphatic hydroxyl groups is 9. The predicted molar refractivity (Wildman–Crippen MR) is 335 cm³/mol. The Morgan fingerprint density at radius 2 is 0.882 bits per heavy atom. The van der Waals surface area contributed by atoms with Gasteiger partial charge in [-0.25, -0.2) is 0 Å². The molecular formula is C68H120O25. The smallest absolute Gasteiger partial charge is 0.306 e. The van der Waals surface area contributed by atoms with E-state index < -0.39 is 178 Å². The van der Waals surface area contributed by atoms with E-state index >= 15 is 0 Å². The molecule has 0 radical (unpaired) electrons. The van der Waals surface area contributed by atoms with E-state index in [0.29, 0.717) is 38.5 Å². The van der Waals surface area contributed by atoms with E-state index in [1.54, 1.807) is 6.92 Å². The van der Waals surface area contributed by atoms with Crippen molar-refractivity contribution in [1.29, 1.82) is 0 Å². The fourth-order valence-electron chi connectivity index (χ4n) is 13.4. The summed E-state index contributed by atoms with van der Waals surface area (Å²) in [5.74, 6) is -2.07. The quantitative estimate of drug-likeness (QED) is 0.0206. The van der Waals surface area contributed by atoms with Gasteiger partial charge in [-0.3, -0.25) is 14.4 Å². The largest absolute Gasteiger partial charge is 0.457 e. The molecule has 6 fully saturated rings. The zero-order valence-electron chi connectivity index (χ0n) is 56.7. The van der Waals surface area contributed by atoms with Crippen molar-refractivity contribution in [2.24, 2.45) is 0 Å². The van der Waals surface area contributed by atoms with E-state index in [9.17, 15) is 60.3 Å². The first-order valence-corrected chi connectivity index (χ1v) is 35.9. The lowest BCUT2D eigenvalue weighted by atomic mass is 9.95. The summed E-state index contributed by atoms with van der Waals surface area (Å²) in [7, 11) is 0. The second-order valence-corrected chi connectivity index (χ2v) is 27.0. The molecule has 0 saturated carbocycles. The van der Waals surface area contributed by atoms with Gasteiger partial charge in [-0.2, -0.15) is 0 Å². The molecule has 0 aliphatic carbocycles. The molecule has 0 amide bonds. The molecule has 542 valence electrons. The van der Waals surface area contributed by atoms with Gasteiger partial charge < -0.3 is 108 Å². The Balaban J connectivity index is 1.32. The maximum Gasteiger partial charge on any atom is 0.306 e. The molecule has 9 N–H and O–H groups in total. The lowest BCUT2D eigenvalue weighted by molar-refractivity contribution is -0.400. The van der Waals surface area contributed by atoms with Crippen molar-refractivity contribution in [1.82, 2.24) is 0 Å². The molecule has 0 aromatic carbocycles. The van der Waals surface area contributed by atoms with Gasteiger partial charge in [-0.05, 0) is 59.8 Å². The summed E-state index contributed by atoms with van der Waals surface area (Å²) in [6.45, 7) is 11.7. The van der Waals surface area contributed by atoms with Crippen molar-refractivity contribution < 1.29 is 122 Å². The molecule has 6 heterocycles. The zero-order chi connectivity index (χ0) is 67.6. The van der Waals surface area contributed by atoms with Gasteiger partial charge in [-0.15, -0.1) is 0 Å². The summed E-state index contributed by atoms with van der Waals surface area (Å²) in [5, 5.41) is 103. The van der Waals surface area contributed by atoms with Crippen LogP contribution in [0.15, 0.2) is 0 Å². The highest BCUT2D eigenvalue weighted by Gasteiger charge is 2.59. The van der Waals surface area contributed by atoms with Crippen molar-refractivity contribution in [3.05, 3.63) is 0 Å². The molecule has 0 aromatic rings. The number of carbonyl (C=O) groups excluding carboxylic acids is 3. The molecule has 26 atom stereocenters. The van der Waals surface area contributed by atoms with Crippen LogP contribution in [-0.4, -0.2) is 230 Å². The summed E-state index contributed by atoms with van der Waals surface area (Å²) >= 11 is 0. The van der Waals surface area contributed by atoms with Gasteiger partial charge in [0.2, 0.25) is 0 Å². The number of fused-ring (bicyclic) bond motifs is 2. The van der Waals surface area contributed by atoms with Crippen molar-refractivity contribution in [2.45, 2.75) is 407 Å². The Labute approximate surface area is 551 Å². The number of carbonyl (C=O) groups is 3. The van der Waals surface area contributed by atoms with Gasteiger partial charge >= 0.3 is 17.9 Å². The predicted octanol–water partition coefficient (Wildman–Crippen LogP) is 6.40. The minimum absolute atomic E-state index is 0.0352. The van der Waals surface area contributed by atoms with E-state index in [1.165, 1.54) is 20.8 Å². The molecule has 1 unspecified atom stereocenters. The van der Waals surface area contributed by atoms with Crippen molar-refractivity contribution in [3.8, 4) is 0 Å². The third-order valence-corrected chi connectivity index (χ3v) is 19.2. The van der Waals surface area contributed by atoms with Gasteiger partial charge in [0.15, 0.2) is 49.8 Å². The van der Waals surface area contributed by atoms with Crippen LogP contribution >= 0.6 is 0 Å². The van der Waals surface area contributed by atoms with Gasteiger partial charge in [-0.1, -0.05) is 168 Å². The summed E-state index contributed by atoms with van der Waals surface area (Å²) in [6.07, 6.45) is -14.5.